The van der Waals surface area contributed by atoms with Gasteiger partial charge in [0.2, 0.25) is 5.69 Å². The van der Waals surface area contributed by atoms with Gasteiger partial charge in [-0.3, -0.25) is 4.79 Å². The number of aromatic nitrogens is 3. The Labute approximate surface area is 175 Å². The standard InChI is InChI=1S/C20H16ClFN4O4/c1-2-29-20(28)18-19(30-12-17(27)14-6-8-15(21)9-7-14)26(25-24-18)23-11-13-4-3-5-16(22)10-13/h3-11H,2,12H2,1H3. The van der Waals surface area contributed by atoms with E-state index < -0.39 is 18.4 Å². The molecule has 30 heavy (non-hydrogen) atoms. The summed E-state index contributed by atoms with van der Waals surface area (Å²) in [7, 11) is 0. The Balaban J connectivity index is 1.84. The summed E-state index contributed by atoms with van der Waals surface area (Å²) >= 11 is 5.82. The molecule has 0 atom stereocenters. The first-order valence-corrected chi connectivity index (χ1v) is 9.20. The van der Waals surface area contributed by atoms with Crippen LogP contribution >= 0.6 is 11.6 Å². The first kappa shape index (κ1) is 21.1. The molecule has 0 aliphatic heterocycles. The quantitative estimate of drug-likeness (QED) is 0.309. The third-order valence-electron chi connectivity index (χ3n) is 3.75. The maximum absolute atomic E-state index is 13.3. The Bertz CT molecular complexity index is 1080. The SMILES string of the molecule is CCOC(=O)c1nnn(N=Cc2cccc(F)c2)c1OCC(=O)c1ccc(Cl)cc1. The summed E-state index contributed by atoms with van der Waals surface area (Å²) in [6.07, 6.45) is 1.31. The maximum atomic E-state index is 13.3. The molecule has 3 rings (SSSR count). The highest BCUT2D eigenvalue weighted by Crippen LogP contribution is 2.18. The van der Waals surface area contributed by atoms with Gasteiger partial charge < -0.3 is 9.47 Å². The van der Waals surface area contributed by atoms with Gasteiger partial charge in [-0.25, -0.2) is 9.18 Å². The predicted molar refractivity (Wildman–Crippen MR) is 107 cm³/mol. The van der Waals surface area contributed by atoms with E-state index in [0.717, 1.165) is 4.79 Å². The van der Waals surface area contributed by atoms with Crippen molar-refractivity contribution in [1.29, 1.82) is 0 Å². The van der Waals surface area contributed by atoms with Gasteiger partial charge in [0, 0.05) is 10.6 Å². The number of ether oxygens (including phenoxy) is 2. The van der Waals surface area contributed by atoms with Gasteiger partial charge in [0.25, 0.3) is 5.88 Å². The Kier molecular flexibility index (Phi) is 6.87. The highest BCUT2D eigenvalue weighted by molar-refractivity contribution is 6.30. The van der Waals surface area contributed by atoms with Crippen molar-refractivity contribution in [2.45, 2.75) is 6.92 Å². The van der Waals surface area contributed by atoms with E-state index in [9.17, 15) is 14.0 Å². The average molecular weight is 431 g/mol. The number of hydrogen-bond donors (Lipinski definition) is 0. The predicted octanol–water partition coefficient (Wildman–Crippen LogP) is 3.39. The fourth-order valence-electron chi connectivity index (χ4n) is 2.36. The molecule has 0 unspecified atom stereocenters. The van der Waals surface area contributed by atoms with E-state index in [4.69, 9.17) is 21.1 Å². The van der Waals surface area contributed by atoms with Crippen LogP contribution in [0.25, 0.3) is 0 Å². The van der Waals surface area contributed by atoms with Crippen molar-refractivity contribution in [3.63, 3.8) is 0 Å². The smallest absolute Gasteiger partial charge is 0.364 e. The van der Waals surface area contributed by atoms with Crippen LogP contribution in [0.15, 0.2) is 53.6 Å². The first-order valence-electron chi connectivity index (χ1n) is 8.82. The second-order valence-electron chi connectivity index (χ2n) is 5.87. The number of benzene rings is 2. The lowest BCUT2D eigenvalue weighted by atomic mass is 10.1. The molecule has 0 aliphatic carbocycles. The molecule has 10 heteroatoms. The molecule has 154 valence electrons. The number of ketones is 1. The molecule has 0 radical (unpaired) electrons. The molecule has 8 nitrogen and oxygen atoms in total. The first-order chi connectivity index (χ1) is 14.5. The van der Waals surface area contributed by atoms with Crippen molar-refractivity contribution in [2.75, 3.05) is 13.2 Å². The highest BCUT2D eigenvalue weighted by Gasteiger charge is 2.23. The van der Waals surface area contributed by atoms with Crippen LogP contribution in [0.2, 0.25) is 5.02 Å². The number of esters is 1. The summed E-state index contributed by atoms with van der Waals surface area (Å²) < 4.78 is 23.8. The van der Waals surface area contributed by atoms with E-state index >= 15 is 0 Å². The Morgan fingerprint density at radius 3 is 2.70 bits per heavy atom. The molecule has 1 aromatic heterocycles. The molecule has 0 amide bonds. The summed E-state index contributed by atoms with van der Waals surface area (Å²) in [5, 5.41) is 12.0. The van der Waals surface area contributed by atoms with E-state index in [0.29, 0.717) is 16.1 Å². The fraction of sp³-hybridized carbons (Fsp3) is 0.150. The molecule has 0 bridgehead atoms. The van der Waals surface area contributed by atoms with Gasteiger partial charge >= 0.3 is 5.97 Å². The van der Waals surface area contributed by atoms with Crippen LogP contribution in [0.1, 0.15) is 33.3 Å². The molecule has 3 aromatic rings. The Morgan fingerprint density at radius 1 is 1.23 bits per heavy atom. The molecule has 0 saturated carbocycles. The van der Waals surface area contributed by atoms with Crippen molar-refractivity contribution in [1.82, 2.24) is 15.1 Å². The maximum Gasteiger partial charge on any atom is 0.364 e. The fourth-order valence-corrected chi connectivity index (χ4v) is 2.48. The Morgan fingerprint density at radius 2 is 2.00 bits per heavy atom. The van der Waals surface area contributed by atoms with E-state index in [-0.39, 0.29) is 24.0 Å². The van der Waals surface area contributed by atoms with Crippen LogP contribution in [-0.4, -0.2) is 46.3 Å². The third kappa shape index (κ3) is 5.26. The number of nitrogens with zero attached hydrogens (tertiary/aromatic N) is 4. The van der Waals surface area contributed by atoms with Crippen molar-refractivity contribution >= 4 is 29.6 Å². The summed E-state index contributed by atoms with van der Waals surface area (Å²) in [5.41, 5.74) is 0.586. The lowest BCUT2D eigenvalue weighted by molar-refractivity contribution is 0.0512. The number of halogens is 2. The van der Waals surface area contributed by atoms with Crippen LogP contribution in [0, 0.1) is 5.82 Å². The van der Waals surface area contributed by atoms with Gasteiger partial charge in [-0.15, -0.1) is 5.10 Å². The number of carbonyl (C=O) groups excluding carboxylic acids is 2. The van der Waals surface area contributed by atoms with Crippen LogP contribution in [0.4, 0.5) is 4.39 Å². The zero-order valence-corrected chi connectivity index (χ0v) is 16.5. The van der Waals surface area contributed by atoms with Crippen LogP contribution in [0.3, 0.4) is 0 Å². The number of rotatable bonds is 8. The van der Waals surface area contributed by atoms with Gasteiger partial charge in [0.15, 0.2) is 12.4 Å². The molecule has 0 saturated heterocycles. The third-order valence-corrected chi connectivity index (χ3v) is 4.01. The van der Waals surface area contributed by atoms with Gasteiger partial charge in [0.1, 0.15) is 5.82 Å². The van der Waals surface area contributed by atoms with E-state index in [1.165, 1.54) is 24.4 Å². The van der Waals surface area contributed by atoms with Crippen molar-refractivity contribution in [3.05, 3.63) is 76.2 Å². The molecule has 0 N–H and O–H groups in total. The highest BCUT2D eigenvalue weighted by atomic mass is 35.5. The molecular weight excluding hydrogens is 415 g/mol. The average Bonchev–Trinajstić information content (AvgIpc) is 3.14. The van der Waals surface area contributed by atoms with Crippen LogP contribution in [0.5, 0.6) is 5.88 Å². The lowest BCUT2D eigenvalue weighted by Crippen LogP contribution is -2.15. The van der Waals surface area contributed by atoms with Gasteiger partial charge in [-0.1, -0.05) is 28.5 Å². The minimum atomic E-state index is -0.779. The molecule has 0 aliphatic rings. The van der Waals surface area contributed by atoms with Crippen molar-refractivity contribution in [3.8, 4) is 5.88 Å². The summed E-state index contributed by atoms with van der Waals surface area (Å²) in [5.74, 6) is -1.75. The molecule has 0 fully saturated rings. The van der Waals surface area contributed by atoms with Gasteiger partial charge in [0.05, 0.1) is 12.8 Å². The second-order valence-corrected chi connectivity index (χ2v) is 6.31. The van der Waals surface area contributed by atoms with Crippen molar-refractivity contribution < 1.29 is 23.5 Å². The monoisotopic (exact) mass is 430 g/mol. The number of carbonyl (C=O) groups is 2. The summed E-state index contributed by atoms with van der Waals surface area (Å²) in [6, 6.07) is 12.0. The molecule has 2 aromatic carbocycles. The zero-order valence-electron chi connectivity index (χ0n) is 15.8. The van der Waals surface area contributed by atoms with E-state index in [1.54, 1.807) is 37.3 Å². The summed E-state index contributed by atoms with van der Waals surface area (Å²) in [6.45, 7) is 1.34. The van der Waals surface area contributed by atoms with Gasteiger partial charge in [-0.2, -0.15) is 5.10 Å². The topological polar surface area (TPSA) is 95.7 Å². The van der Waals surface area contributed by atoms with Crippen LogP contribution < -0.4 is 4.74 Å². The van der Waals surface area contributed by atoms with Gasteiger partial charge in [-0.05, 0) is 54.1 Å². The second kappa shape index (κ2) is 9.75. The molecule has 0 spiro atoms. The van der Waals surface area contributed by atoms with E-state index in [2.05, 4.69) is 15.4 Å². The number of Topliss-reactive ketones (excluding diaryl/α,β-unsaturated/α-hetero) is 1. The minimum absolute atomic E-state index is 0.112. The van der Waals surface area contributed by atoms with Crippen molar-refractivity contribution in [2.24, 2.45) is 5.10 Å². The lowest BCUT2D eigenvalue weighted by Gasteiger charge is -2.07. The number of hydrogen-bond acceptors (Lipinski definition) is 7. The largest absolute Gasteiger partial charge is 0.466 e. The van der Waals surface area contributed by atoms with Crippen LogP contribution in [-0.2, 0) is 4.74 Å². The molecular formula is C20H16ClFN4O4. The summed E-state index contributed by atoms with van der Waals surface area (Å²) in [4.78, 5) is 25.4. The molecule has 1 heterocycles. The minimum Gasteiger partial charge on any atom is -0.466 e. The van der Waals surface area contributed by atoms with E-state index in [1.807, 2.05) is 0 Å². The zero-order chi connectivity index (χ0) is 21.5. The Hall–Kier alpha value is -3.59. The normalized spacial score (nSPS) is 10.9.